The molecule has 1 saturated heterocycles. The smallest absolute Gasteiger partial charge is 0.314 e. The normalized spacial score (nSPS) is 17.6. The van der Waals surface area contributed by atoms with Crippen molar-refractivity contribution in [3.63, 3.8) is 0 Å². The van der Waals surface area contributed by atoms with Gasteiger partial charge >= 0.3 is 12.4 Å². The van der Waals surface area contributed by atoms with Crippen LogP contribution in [0.25, 0.3) is 0 Å². The second-order valence-electron chi connectivity index (χ2n) is 5.30. The van der Waals surface area contributed by atoms with Crippen LogP contribution in [0.1, 0.15) is 29.7 Å². The molecule has 0 aliphatic carbocycles. The summed E-state index contributed by atoms with van der Waals surface area (Å²) in [5, 5.41) is 3.09. The summed E-state index contributed by atoms with van der Waals surface area (Å²) in [5.74, 6) is 0. The molecule has 1 aliphatic heterocycles. The number of nitrogens with one attached hydrogen (secondary N) is 1. The van der Waals surface area contributed by atoms with Crippen molar-refractivity contribution >= 4 is 24.8 Å². The second kappa shape index (κ2) is 8.60. The third-order valence-electron chi connectivity index (χ3n) is 3.79. The first kappa shape index (κ1) is 23.3. The number of halogens is 8. The highest BCUT2D eigenvalue weighted by Crippen LogP contribution is 2.38. The quantitative estimate of drug-likeness (QED) is 0.736. The van der Waals surface area contributed by atoms with Gasteiger partial charge in [0.2, 0.25) is 0 Å². The largest absolute Gasteiger partial charge is 0.416 e. The van der Waals surface area contributed by atoms with Gasteiger partial charge in [-0.1, -0.05) is 0 Å². The standard InChI is InChI=1S/C14H16F6N2.2ClH/c1-9(22-4-2-21-3-5-22)10-6-11(13(15,16)17)8-12(7-10)14(18,19)20;;/h6-9,21H,2-5H2,1H3;2*1H/t9-;;/m0../s1. The average molecular weight is 399 g/mol. The second-order valence-corrected chi connectivity index (χ2v) is 5.30. The van der Waals surface area contributed by atoms with Crippen molar-refractivity contribution in [3.05, 3.63) is 34.9 Å². The molecule has 1 N–H and O–H groups in total. The lowest BCUT2D eigenvalue weighted by Gasteiger charge is -2.33. The summed E-state index contributed by atoms with van der Waals surface area (Å²) in [6, 6.07) is 1.27. The van der Waals surface area contributed by atoms with Gasteiger partial charge in [0, 0.05) is 32.2 Å². The zero-order valence-corrected chi connectivity index (χ0v) is 14.3. The summed E-state index contributed by atoms with van der Waals surface area (Å²) in [6.45, 7) is 4.11. The van der Waals surface area contributed by atoms with Crippen molar-refractivity contribution in [2.24, 2.45) is 0 Å². The highest BCUT2D eigenvalue weighted by molar-refractivity contribution is 5.85. The van der Waals surface area contributed by atoms with E-state index in [-0.39, 0.29) is 36.4 Å². The summed E-state index contributed by atoms with van der Waals surface area (Å²) >= 11 is 0. The fourth-order valence-electron chi connectivity index (χ4n) is 2.50. The van der Waals surface area contributed by atoms with Gasteiger partial charge in [0.1, 0.15) is 0 Å². The van der Waals surface area contributed by atoms with Gasteiger partial charge in [0.15, 0.2) is 0 Å². The summed E-state index contributed by atoms with van der Waals surface area (Å²) in [6.07, 6.45) is -9.61. The van der Waals surface area contributed by atoms with Gasteiger partial charge in [-0.05, 0) is 30.7 Å². The monoisotopic (exact) mass is 398 g/mol. The van der Waals surface area contributed by atoms with E-state index in [4.69, 9.17) is 0 Å². The van der Waals surface area contributed by atoms with Gasteiger partial charge in [-0.2, -0.15) is 26.3 Å². The van der Waals surface area contributed by atoms with E-state index in [9.17, 15) is 26.3 Å². The molecule has 1 aliphatic rings. The van der Waals surface area contributed by atoms with Gasteiger partial charge in [-0.25, -0.2) is 0 Å². The van der Waals surface area contributed by atoms with E-state index in [2.05, 4.69) is 5.32 Å². The molecule has 2 rings (SSSR count). The molecular formula is C14H18Cl2F6N2. The maximum atomic E-state index is 12.9. The molecule has 140 valence electrons. The summed E-state index contributed by atoms with van der Waals surface area (Å²) < 4.78 is 77.1. The highest BCUT2D eigenvalue weighted by Gasteiger charge is 2.37. The Balaban J connectivity index is 0.00000264. The first-order chi connectivity index (χ1) is 10.1. The number of piperazine rings is 1. The number of rotatable bonds is 2. The highest BCUT2D eigenvalue weighted by atomic mass is 35.5. The Bertz CT molecular complexity index is 495. The molecule has 0 saturated carbocycles. The van der Waals surface area contributed by atoms with E-state index in [0.29, 0.717) is 26.2 Å². The molecule has 2 nitrogen and oxygen atoms in total. The van der Waals surface area contributed by atoms with Crippen LogP contribution in [-0.4, -0.2) is 31.1 Å². The van der Waals surface area contributed by atoms with Crippen molar-refractivity contribution in [2.45, 2.75) is 25.3 Å². The van der Waals surface area contributed by atoms with Gasteiger partial charge < -0.3 is 5.32 Å². The molecular weight excluding hydrogens is 381 g/mol. The summed E-state index contributed by atoms with van der Waals surface area (Å²) in [5.41, 5.74) is -2.50. The summed E-state index contributed by atoms with van der Waals surface area (Å²) in [4.78, 5) is 1.87. The lowest BCUT2D eigenvalue weighted by Crippen LogP contribution is -2.44. The van der Waals surface area contributed by atoms with Crippen molar-refractivity contribution in [2.75, 3.05) is 26.2 Å². The molecule has 0 bridgehead atoms. The number of nitrogens with zero attached hydrogens (tertiary/aromatic N) is 1. The first-order valence-corrected chi connectivity index (χ1v) is 6.83. The Morgan fingerprint density at radius 2 is 1.29 bits per heavy atom. The van der Waals surface area contributed by atoms with E-state index in [1.807, 2.05) is 4.90 Å². The van der Waals surface area contributed by atoms with E-state index < -0.39 is 29.5 Å². The molecule has 0 unspecified atom stereocenters. The minimum Gasteiger partial charge on any atom is -0.314 e. The lowest BCUT2D eigenvalue weighted by atomic mass is 9.99. The van der Waals surface area contributed by atoms with Gasteiger partial charge in [0.05, 0.1) is 11.1 Å². The third kappa shape index (κ3) is 5.68. The van der Waals surface area contributed by atoms with E-state index in [1.54, 1.807) is 6.92 Å². The first-order valence-electron chi connectivity index (χ1n) is 6.83. The minimum absolute atomic E-state index is 0. The molecule has 1 aromatic carbocycles. The lowest BCUT2D eigenvalue weighted by molar-refractivity contribution is -0.143. The molecule has 10 heteroatoms. The van der Waals surface area contributed by atoms with Crippen LogP contribution in [0.5, 0.6) is 0 Å². The van der Waals surface area contributed by atoms with Crippen LogP contribution in [0.3, 0.4) is 0 Å². The molecule has 0 aromatic heterocycles. The molecule has 1 aromatic rings. The molecule has 1 atom stereocenters. The van der Waals surface area contributed by atoms with Crippen LogP contribution in [0.4, 0.5) is 26.3 Å². The van der Waals surface area contributed by atoms with Crippen molar-refractivity contribution < 1.29 is 26.3 Å². The molecule has 1 heterocycles. The van der Waals surface area contributed by atoms with Crippen LogP contribution < -0.4 is 5.32 Å². The zero-order valence-electron chi connectivity index (χ0n) is 12.7. The number of hydrogen-bond acceptors (Lipinski definition) is 2. The maximum absolute atomic E-state index is 12.9. The SMILES string of the molecule is C[C@@H](c1cc(C(F)(F)F)cc(C(F)(F)F)c1)N1CCNCC1.Cl.Cl. The van der Waals surface area contributed by atoms with E-state index >= 15 is 0 Å². The average Bonchev–Trinajstić information content (AvgIpc) is 2.45. The Labute approximate surface area is 148 Å². The Morgan fingerprint density at radius 1 is 0.875 bits per heavy atom. The van der Waals surface area contributed by atoms with Crippen molar-refractivity contribution in [3.8, 4) is 0 Å². The number of benzene rings is 1. The van der Waals surface area contributed by atoms with Crippen LogP contribution in [0.2, 0.25) is 0 Å². The van der Waals surface area contributed by atoms with Crippen LogP contribution in [0, 0.1) is 0 Å². The molecule has 0 radical (unpaired) electrons. The van der Waals surface area contributed by atoms with Gasteiger partial charge in [-0.3, -0.25) is 4.90 Å². The van der Waals surface area contributed by atoms with Crippen LogP contribution >= 0.6 is 24.8 Å². The van der Waals surface area contributed by atoms with Gasteiger partial charge in [0.25, 0.3) is 0 Å². The zero-order chi connectivity index (χ0) is 16.5. The molecule has 0 spiro atoms. The minimum atomic E-state index is -4.81. The molecule has 0 amide bonds. The maximum Gasteiger partial charge on any atom is 0.416 e. The number of alkyl halides is 6. The Morgan fingerprint density at radius 3 is 1.67 bits per heavy atom. The van der Waals surface area contributed by atoms with Crippen LogP contribution in [-0.2, 0) is 12.4 Å². The topological polar surface area (TPSA) is 15.3 Å². The predicted octanol–water partition coefficient (Wildman–Crippen LogP) is 4.53. The van der Waals surface area contributed by atoms with E-state index in [1.165, 1.54) is 0 Å². The van der Waals surface area contributed by atoms with E-state index in [0.717, 1.165) is 12.1 Å². The fourth-order valence-corrected chi connectivity index (χ4v) is 2.50. The predicted molar refractivity (Wildman–Crippen MR) is 83.8 cm³/mol. The molecule has 24 heavy (non-hydrogen) atoms. The summed E-state index contributed by atoms with van der Waals surface area (Å²) in [7, 11) is 0. The van der Waals surface area contributed by atoms with Crippen molar-refractivity contribution in [1.29, 1.82) is 0 Å². The van der Waals surface area contributed by atoms with Crippen LogP contribution in [0.15, 0.2) is 18.2 Å². The van der Waals surface area contributed by atoms with Gasteiger partial charge in [-0.15, -0.1) is 24.8 Å². The Kier molecular flexibility index (Phi) is 8.35. The Hall–Kier alpha value is -0.700. The van der Waals surface area contributed by atoms with Crippen molar-refractivity contribution in [1.82, 2.24) is 10.2 Å². The fraction of sp³-hybridized carbons (Fsp3) is 0.571. The number of hydrogen-bond donors (Lipinski definition) is 1. The molecule has 1 fully saturated rings. The third-order valence-corrected chi connectivity index (χ3v) is 3.79.